The predicted octanol–water partition coefficient (Wildman–Crippen LogP) is 3.35. The summed E-state index contributed by atoms with van der Waals surface area (Å²) >= 11 is 0. The molecule has 2 saturated heterocycles. The number of amides is 1. The Kier molecular flexibility index (Phi) is 5.64. The third-order valence-electron chi connectivity index (χ3n) is 5.24. The summed E-state index contributed by atoms with van der Waals surface area (Å²) in [6.07, 6.45) is 2.61. The lowest BCUT2D eigenvalue weighted by molar-refractivity contribution is -0.136. The van der Waals surface area contributed by atoms with E-state index in [-0.39, 0.29) is 24.8 Å². The molecule has 1 N–H and O–H groups in total. The van der Waals surface area contributed by atoms with Crippen LogP contribution in [0.1, 0.15) is 45.1 Å². The molecule has 2 unspecified atom stereocenters. The van der Waals surface area contributed by atoms with E-state index in [0.717, 1.165) is 18.4 Å². The molecule has 2 aliphatic rings. The molecule has 2 heterocycles. The Labute approximate surface area is 149 Å². The molecule has 0 spiro atoms. The number of morpholine rings is 1. The van der Waals surface area contributed by atoms with Crippen LogP contribution in [-0.2, 0) is 16.1 Å². The quantitative estimate of drug-likeness (QED) is 0.887. The van der Waals surface area contributed by atoms with Crippen molar-refractivity contribution in [2.75, 3.05) is 13.2 Å². The van der Waals surface area contributed by atoms with Gasteiger partial charge in [-0.05, 0) is 37.2 Å². The second-order valence-electron chi connectivity index (χ2n) is 7.86. The highest BCUT2D eigenvalue weighted by molar-refractivity contribution is 5.69. The topological polar surface area (TPSA) is 59.0 Å². The second-order valence-corrected chi connectivity index (χ2v) is 7.86. The SMILES string of the molecule is CC(C)CCC1(O)CC2COCC(C1)N2C(=O)OCc1ccccc1. The van der Waals surface area contributed by atoms with E-state index in [0.29, 0.717) is 32.0 Å². The van der Waals surface area contributed by atoms with Gasteiger partial charge in [0.2, 0.25) is 0 Å². The van der Waals surface area contributed by atoms with Crippen molar-refractivity contribution in [2.24, 2.45) is 5.92 Å². The van der Waals surface area contributed by atoms with Crippen molar-refractivity contribution in [1.29, 1.82) is 0 Å². The maximum absolute atomic E-state index is 12.6. The van der Waals surface area contributed by atoms with E-state index in [1.165, 1.54) is 0 Å². The second kappa shape index (κ2) is 7.75. The Morgan fingerprint density at radius 2 is 1.92 bits per heavy atom. The van der Waals surface area contributed by atoms with Gasteiger partial charge < -0.3 is 14.6 Å². The highest BCUT2D eigenvalue weighted by atomic mass is 16.6. The lowest BCUT2D eigenvalue weighted by atomic mass is 9.77. The molecule has 0 aliphatic carbocycles. The molecule has 2 aliphatic heterocycles. The lowest BCUT2D eigenvalue weighted by Crippen LogP contribution is -2.63. The van der Waals surface area contributed by atoms with Crippen LogP contribution in [0.15, 0.2) is 30.3 Å². The van der Waals surface area contributed by atoms with Crippen LogP contribution < -0.4 is 0 Å². The molecule has 0 radical (unpaired) electrons. The van der Waals surface area contributed by atoms with E-state index in [1.54, 1.807) is 4.90 Å². The van der Waals surface area contributed by atoms with E-state index in [2.05, 4.69) is 13.8 Å². The number of hydrogen-bond donors (Lipinski definition) is 1. The summed E-state index contributed by atoms with van der Waals surface area (Å²) in [5.74, 6) is 0.564. The van der Waals surface area contributed by atoms with Gasteiger partial charge in [-0.25, -0.2) is 4.79 Å². The minimum absolute atomic E-state index is 0.104. The number of carbonyl (C=O) groups excluding carboxylic acids is 1. The number of benzene rings is 1. The first-order chi connectivity index (χ1) is 12.0. The van der Waals surface area contributed by atoms with Crippen molar-refractivity contribution in [3.63, 3.8) is 0 Å². The number of ether oxygens (including phenoxy) is 2. The van der Waals surface area contributed by atoms with Crippen molar-refractivity contribution in [1.82, 2.24) is 4.90 Å². The van der Waals surface area contributed by atoms with Crippen molar-refractivity contribution in [3.8, 4) is 0 Å². The fourth-order valence-corrected chi connectivity index (χ4v) is 3.93. The zero-order valence-corrected chi connectivity index (χ0v) is 15.2. The van der Waals surface area contributed by atoms with Crippen molar-refractivity contribution < 1.29 is 19.4 Å². The van der Waals surface area contributed by atoms with Crippen LogP contribution >= 0.6 is 0 Å². The summed E-state index contributed by atoms with van der Waals surface area (Å²) in [6, 6.07) is 9.48. The van der Waals surface area contributed by atoms with Crippen molar-refractivity contribution in [2.45, 2.75) is 63.8 Å². The number of piperidine rings is 1. The van der Waals surface area contributed by atoms with Crippen LogP contribution in [0.5, 0.6) is 0 Å². The molecular formula is C20H29NO4. The summed E-state index contributed by atoms with van der Waals surface area (Å²) in [4.78, 5) is 14.4. The fraction of sp³-hybridized carbons (Fsp3) is 0.650. The molecule has 2 atom stereocenters. The number of hydrogen-bond acceptors (Lipinski definition) is 4. The minimum atomic E-state index is -0.695. The van der Waals surface area contributed by atoms with Crippen LogP contribution in [-0.4, -0.2) is 47.0 Å². The predicted molar refractivity (Wildman–Crippen MR) is 95.1 cm³/mol. The number of rotatable bonds is 5. The van der Waals surface area contributed by atoms with E-state index in [1.807, 2.05) is 30.3 Å². The molecule has 5 nitrogen and oxygen atoms in total. The Morgan fingerprint density at radius 3 is 2.52 bits per heavy atom. The average Bonchev–Trinajstić information content (AvgIpc) is 2.58. The molecule has 2 bridgehead atoms. The Bertz CT molecular complexity index is 560. The summed E-state index contributed by atoms with van der Waals surface area (Å²) in [6.45, 7) is 5.56. The monoisotopic (exact) mass is 347 g/mol. The van der Waals surface area contributed by atoms with Gasteiger partial charge in [-0.2, -0.15) is 0 Å². The van der Waals surface area contributed by atoms with Gasteiger partial charge in [0.25, 0.3) is 0 Å². The Hall–Kier alpha value is -1.59. The third-order valence-corrected chi connectivity index (χ3v) is 5.24. The highest BCUT2D eigenvalue weighted by Gasteiger charge is 2.48. The molecule has 1 amide bonds. The van der Waals surface area contributed by atoms with Gasteiger partial charge in [0, 0.05) is 0 Å². The van der Waals surface area contributed by atoms with Gasteiger partial charge in [-0.15, -0.1) is 0 Å². The van der Waals surface area contributed by atoms with Gasteiger partial charge in [0.05, 0.1) is 30.9 Å². The Morgan fingerprint density at radius 1 is 1.28 bits per heavy atom. The Balaban J connectivity index is 1.61. The molecular weight excluding hydrogens is 318 g/mol. The van der Waals surface area contributed by atoms with Crippen LogP contribution in [0.4, 0.5) is 4.79 Å². The first kappa shape index (κ1) is 18.2. The lowest BCUT2D eigenvalue weighted by Gasteiger charge is -2.51. The standard InChI is InChI=1S/C20H29NO4/c1-15(2)8-9-20(23)10-17-13-24-14-18(11-20)21(17)19(22)25-12-16-6-4-3-5-7-16/h3-7,15,17-18,23H,8-14H2,1-2H3. The third kappa shape index (κ3) is 4.53. The summed E-state index contributed by atoms with van der Waals surface area (Å²) in [5, 5.41) is 11.0. The number of nitrogens with zero attached hydrogens (tertiary/aromatic N) is 1. The van der Waals surface area contributed by atoms with Crippen LogP contribution in [0.3, 0.4) is 0 Å². The van der Waals surface area contributed by atoms with Gasteiger partial charge in [0.15, 0.2) is 0 Å². The van der Waals surface area contributed by atoms with Crippen molar-refractivity contribution in [3.05, 3.63) is 35.9 Å². The van der Waals surface area contributed by atoms with E-state index in [4.69, 9.17) is 9.47 Å². The zero-order valence-electron chi connectivity index (χ0n) is 15.2. The molecule has 2 fully saturated rings. The van der Waals surface area contributed by atoms with Crippen LogP contribution in [0.2, 0.25) is 0 Å². The smallest absolute Gasteiger partial charge is 0.410 e. The van der Waals surface area contributed by atoms with Gasteiger partial charge in [-0.1, -0.05) is 44.2 Å². The molecule has 1 aromatic rings. The summed E-state index contributed by atoms with van der Waals surface area (Å²) in [7, 11) is 0. The van der Waals surface area contributed by atoms with E-state index in [9.17, 15) is 9.90 Å². The van der Waals surface area contributed by atoms with Crippen LogP contribution in [0, 0.1) is 5.92 Å². The molecule has 138 valence electrons. The molecule has 0 saturated carbocycles. The normalized spacial score (nSPS) is 28.9. The molecule has 5 heteroatoms. The number of carbonyl (C=O) groups is 1. The minimum Gasteiger partial charge on any atom is -0.445 e. The number of fused-ring (bicyclic) bond motifs is 2. The first-order valence-electron chi connectivity index (χ1n) is 9.26. The van der Waals surface area contributed by atoms with Crippen molar-refractivity contribution >= 4 is 6.09 Å². The average molecular weight is 347 g/mol. The van der Waals surface area contributed by atoms with Gasteiger partial charge >= 0.3 is 6.09 Å². The molecule has 1 aromatic carbocycles. The maximum Gasteiger partial charge on any atom is 0.410 e. The summed E-state index contributed by atoms with van der Waals surface area (Å²) < 4.78 is 11.2. The largest absolute Gasteiger partial charge is 0.445 e. The zero-order chi connectivity index (χ0) is 17.9. The first-order valence-corrected chi connectivity index (χ1v) is 9.26. The number of aliphatic hydroxyl groups is 1. The van der Waals surface area contributed by atoms with Crippen LogP contribution in [0.25, 0.3) is 0 Å². The molecule has 3 rings (SSSR count). The summed E-state index contributed by atoms with van der Waals surface area (Å²) in [5.41, 5.74) is 0.280. The van der Waals surface area contributed by atoms with Gasteiger partial charge in [0.1, 0.15) is 6.61 Å². The van der Waals surface area contributed by atoms with E-state index < -0.39 is 5.60 Å². The van der Waals surface area contributed by atoms with Gasteiger partial charge in [-0.3, -0.25) is 4.90 Å². The molecule has 25 heavy (non-hydrogen) atoms. The highest BCUT2D eigenvalue weighted by Crippen LogP contribution is 2.38. The fourth-order valence-electron chi connectivity index (χ4n) is 3.93. The maximum atomic E-state index is 12.6. The molecule has 0 aromatic heterocycles. The van der Waals surface area contributed by atoms with E-state index >= 15 is 0 Å².